The first kappa shape index (κ1) is 22.0. The number of amidine groups is 1. The largest absolute Gasteiger partial charge is 0.380 e. The lowest BCUT2D eigenvalue weighted by Gasteiger charge is -2.55. The molecule has 0 aliphatic carbocycles. The van der Waals surface area contributed by atoms with Gasteiger partial charge in [-0.15, -0.1) is 5.10 Å². The van der Waals surface area contributed by atoms with Gasteiger partial charge in [-0.1, -0.05) is 30.9 Å². The van der Waals surface area contributed by atoms with Gasteiger partial charge in [0, 0.05) is 19.6 Å². The van der Waals surface area contributed by atoms with Gasteiger partial charge in [0.15, 0.2) is 0 Å². The molecule has 7 heteroatoms. The van der Waals surface area contributed by atoms with Crippen LogP contribution in [0.25, 0.3) is 5.70 Å². The Hall–Kier alpha value is -3.45. The van der Waals surface area contributed by atoms with Crippen molar-refractivity contribution in [1.82, 2.24) is 14.9 Å². The quantitative estimate of drug-likeness (QED) is 0.631. The highest BCUT2D eigenvalue weighted by molar-refractivity contribution is 5.95. The molecule has 2 aromatic rings. The first-order valence-electron chi connectivity index (χ1n) is 12.3. The Bertz CT molecular complexity index is 1240. The SMILES string of the molecule is C=C1C=CC(N2CCC[C@@H]2c2cccc(F)c2)=NN1/C(=C\C)c1cccc(N2CC3(COC3)C2)n1. The number of hydrogen-bond acceptors (Lipinski definition) is 6. The standard InChI is InChI=1S/C28H30FN5O/c1-3-24(23-9-5-11-26(30-23)32-16-28(17-32)18-35-19-28)34-20(2)12-13-27(31-34)33-14-6-10-25(33)21-7-4-8-22(29)15-21/h3-5,7-9,11-13,15,25H,2,6,10,14,16-19H2,1H3/b24-3-/t25-/m1/s1. The molecule has 1 aromatic heterocycles. The second kappa shape index (κ2) is 8.64. The number of rotatable bonds is 4. The molecule has 6 nitrogen and oxygen atoms in total. The lowest BCUT2D eigenvalue weighted by molar-refractivity contribution is -0.127. The Morgan fingerprint density at radius 2 is 2.00 bits per heavy atom. The van der Waals surface area contributed by atoms with E-state index in [0.29, 0.717) is 5.41 Å². The number of anilines is 1. The molecule has 0 unspecified atom stereocenters. The Morgan fingerprint density at radius 3 is 2.74 bits per heavy atom. The van der Waals surface area contributed by atoms with Gasteiger partial charge in [-0.2, -0.15) is 0 Å². The van der Waals surface area contributed by atoms with Crippen LogP contribution in [-0.2, 0) is 4.74 Å². The zero-order valence-corrected chi connectivity index (χ0v) is 20.0. The van der Waals surface area contributed by atoms with Crippen LogP contribution in [0, 0.1) is 11.2 Å². The van der Waals surface area contributed by atoms with Gasteiger partial charge in [0.2, 0.25) is 0 Å². The number of likely N-dealkylation sites (tertiary alicyclic amines) is 1. The summed E-state index contributed by atoms with van der Waals surface area (Å²) >= 11 is 0. The first-order valence-corrected chi connectivity index (χ1v) is 12.3. The average molecular weight is 472 g/mol. The molecule has 4 aliphatic heterocycles. The van der Waals surface area contributed by atoms with Crippen LogP contribution in [0.15, 0.2) is 78.1 Å². The Morgan fingerprint density at radius 1 is 1.17 bits per heavy atom. The fourth-order valence-electron chi connectivity index (χ4n) is 5.52. The van der Waals surface area contributed by atoms with Crippen molar-refractivity contribution in [3.8, 4) is 0 Å². The number of allylic oxidation sites excluding steroid dienone is 2. The predicted octanol–water partition coefficient (Wildman–Crippen LogP) is 4.95. The molecule has 180 valence electrons. The van der Waals surface area contributed by atoms with Crippen LogP contribution in [0.2, 0.25) is 0 Å². The predicted molar refractivity (Wildman–Crippen MR) is 136 cm³/mol. The maximum absolute atomic E-state index is 13.9. The van der Waals surface area contributed by atoms with Crippen LogP contribution in [0.3, 0.4) is 0 Å². The summed E-state index contributed by atoms with van der Waals surface area (Å²) in [5.74, 6) is 1.63. The van der Waals surface area contributed by atoms with Crippen molar-refractivity contribution in [2.75, 3.05) is 37.7 Å². The Balaban J connectivity index is 1.26. The van der Waals surface area contributed by atoms with E-state index in [-0.39, 0.29) is 11.9 Å². The smallest absolute Gasteiger partial charge is 0.150 e. The fraction of sp³-hybridized carbons (Fsp3) is 0.357. The first-order chi connectivity index (χ1) is 17.0. The number of pyridine rings is 1. The van der Waals surface area contributed by atoms with E-state index in [4.69, 9.17) is 14.8 Å². The minimum absolute atomic E-state index is 0.104. The summed E-state index contributed by atoms with van der Waals surface area (Å²) in [5.41, 5.74) is 3.85. The van der Waals surface area contributed by atoms with Gasteiger partial charge in [0.25, 0.3) is 0 Å². The molecule has 4 aliphatic rings. The number of nitrogens with zero attached hydrogens (tertiary/aromatic N) is 5. The van der Waals surface area contributed by atoms with Gasteiger partial charge in [-0.3, -0.25) is 0 Å². The van der Waals surface area contributed by atoms with E-state index < -0.39 is 0 Å². The molecule has 3 fully saturated rings. The minimum atomic E-state index is -0.203. The summed E-state index contributed by atoms with van der Waals surface area (Å²) in [7, 11) is 0. The summed E-state index contributed by atoms with van der Waals surface area (Å²) < 4.78 is 19.3. The van der Waals surface area contributed by atoms with Gasteiger partial charge in [0.05, 0.1) is 41.8 Å². The summed E-state index contributed by atoms with van der Waals surface area (Å²) in [6, 6.07) is 13.1. The topological polar surface area (TPSA) is 44.2 Å². The molecular formula is C28H30FN5O. The average Bonchev–Trinajstić information content (AvgIpc) is 3.29. The maximum atomic E-state index is 13.9. The maximum Gasteiger partial charge on any atom is 0.150 e. The molecule has 6 rings (SSSR count). The fourth-order valence-corrected chi connectivity index (χ4v) is 5.52. The van der Waals surface area contributed by atoms with E-state index in [0.717, 1.165) is 80.0 Å². The van der Waals surface area contributed by atoms with Gasteiger partial charge >= 0.3 is 0 Å². The van der Waals surface area contributed by atoms with Crippen molar-refractivity contribution >= 4 is 17.4 Å². The molecule has 0 amide bonds. The van der Waals surface area contributed by atoms with Crippen molar-refractivity contribution in [2.45, 2.75) is 25.8 Å². The second-order valence-corrected chi connectivity index (χ2v) is 9.90. The molecule has 1 aromatic carbocycles. The molecule has 0 N–H and O–H groups in total. The Kier molecular flexibility index (Phi) is 5.44. The van der Waals surface area contributed by atoms with E-state index in [1.54, 1.807) is 12.1 Å². The van der Waals surface area contributed by atoms with E-state index in [2.05, 4.69) is 28.5 Å². The number of halogens is 1. The van der Waals surface area contributed by atoms with E-state index in [1.807, 2.05) is 42.3 Å². The lowest BCUT2D eigenvalue weighted by Crippen LogP contribution is -2.66. The number of hydrazone groups is 1. The third kappa shape index (κ3) is 3.93. The highest BCUT2D eigenvalue weighted by Crippen LogP contribution is 2.40. The second-order valence-electron chi connectivity index (χ2n) is 9.90. The number of hydrogen-bond donors (Lipinski definition) is 0. The van der Waals surface area contributed by atoms with Crippen LogP contribution < -0.4 is 4.90 Å². The van der Waals surface area contributed by atoms with Crippen LogP contribution in [0.5, 0.6) is 0 Å². The number of ether oxygens (including phenoxy) is 1. The van der Waals surface area contributed by atoms with Gasteiger partial charge in [-0.25, -0.2) is 14.4 Å². The molecule has 1 atom stereocenters. The third-order valence-electron chi connectivity index (χ3n) is 7.37. The van der Waals surface area contributed by atoms with Crippen LogP contribution in [-0.4, -0.2) is 53.6 Å². The Labute approximate surface area is 205 Å². The van der Waals surface area contributed by atoms with Crippen molar-refractivity contribution in [3.63, 3.8) is 0 Å². The van der Waals surface area contributed by atoms with Crippen molar-refractivity contribution in [1.29, 1.82) is 0 Å². The highest BCUT2D eigenvalue weighted by Gasteiger charge is 2.49. The summed E-state index contributed by atoms with van der Waals surface area (Å²) in [6.07, 6.45) is 8.04. The number of benzene rings is 1. The van der Waals surface area contributed by atoms with E-state index in [1.165, 1.54) is 6.07 Å². The molecule has 3 saturated heterocycles. The summed E-state index contributed by atoms with van der Waals surface area (Å²) in [6.45, 7) is 10.8. The third-order valence-corrected chi connectivity index (χ3v) is 7.37. The zero-order chi connectivity index (χ0) is 24.0. The lowest BCUT2D eigenvalue weighted by atomic mass is 9.78. The molecular weight excluding hydrogens is 441 g/mol. The van der Waals surface area contributed by atoms with E-state index in [9.17, 15) is 4.39 Å². The number of aromatic nitrogens is 1. The monoisotopic (exact) mass is 471 g/mol. The molecule has 0 radical (unpaired) electrons. The van der Waals surface area contributed by atoms with Crippen molar-refractivity contribution in [3.05, 3.63) is 90.0 Å². The molecule has 35 heavy (non-hydrogen) atoms. The van der Waals surface area contributed by atoms with Crippen LogP contribution in [0.1, 0.15) is 37.1 Å². The van der Waals surface area contributed by atoms with Crippen molar-refractivity contribution in [2.24, 2.45) is 10.5 Å². The van der Waals surface area contributed by atoms with Crippen LogP contribution in [0.4, 0.5) is 10.2 Å². The normalized spacial score (nSPS) is 23.4. The summed E-state index contributed by atoms with van der Waals surface area (Å²) in [5, 5.41) is 6.88. The molecule has 0 bridgehead atoms. The van der Waals surface area contributed by atoms with Crippen LogP contribution >= 0.6 is 0 Å². The van der Waals surface area contributed by atoms with Gasteiger partial charge < -0.3 is 14.5 Å². The molecule has 0 saturated carbocycles. The highest BCUT2D eigenvalue weighted by atomic mass is 19.1. The minimum Gasteiger partial charge on any atom is -0.380 e. The summed E-state index contributed by atoms with van der Waals surface area (Å²) in [4.78, 5) is 9.56. The van der Waals surface area contributed by atoms with Gasteiger partial charge in [0.1, 0.15) is 17.5 Å². The van der Waals surface area contributed by atoms with Gasteiger partial charge in [-0.05, 0) is 61.7 Å². The van der Waals surface area contributed by atoms with E-state index >= 15 is 0 Å². The zero-order valence-electron chi connectivity index (χ0n) is 20.0. The molecule has 5 heterocycles. The van der Waals surface area contributed by atoms with Crippen molar-refractivity contribution < 1.29 is 9.13 Å². The molecule has 1 spiro atoms.